The molecule has 0 atom stereocenters. The molecular weight excluding hydrogens is 402 g/mol. The van der Waals surface area contributed by atoms with Gasteiger partial charge in [0.2, 0.25) is 5.91 Å². The standard InChI is InChI=1S/C18H14ClN5OS2/c1-11-22-23-18(24(11)17-21-14-8-4-5-9-15(14)27-17)26-10-16(25)20-13-7-3-2-6-12(13)19/h2-9H,10H2,1H3,(H,20,25). The van der Waals surface area contributed by atoms with Crippen LogP contribution >= 0.6 is 34.7 Å². The number of anilines is 1. The van der Waals surface area contributed by atoms with E-state index in [1.807, 2.05) is 47.9 Å². The van der Waals surface area contributed by atoms with Crippen molar-refractivity contribution in [1.82, 2.24) is 19.7 Å². The zero-order valence-corrected chi connectivity index (χ0v) is 16.6. The Morgan fingerprint density at radius 3 is 2.78 bits per heavy atom. The number of fused-ring (bicyclic) bond motifs is 1. The Morgan fingerprint density at radius 2 is 1.96 bits per heavy atom. The molecule has 0 saturated heterocycles. The van der Waals surface area contributed by atoms with Gasteiger partial charge in [-0.2, -0.15) is 0 Å². The Bertz CT molecular complexity index is 1090. The number of thioether (sulfide) groups is 1. The van der Waals surface area contributed by atoms with Gasteiger partial charge < -0.3 is 5.32 Å². The predicted molar refractivity (Wildman–Crippen MR) is 110 cm³/mol. The minimum Gasteiger partial charge on any atom is -0.324 e. The van der Waals surface area contributed by atoms with E-state index < -0.39 is 0 Å². The van der Waals surface area contributed by atoms with Gasteiger partial charge in [-0.1, -0.05) is 59.0 Å². The number of nitrogens with zero attached hydrogens (tertiary/aromatic N) is 4. The van der Waals surface area contributed by atoms with Gasteiger partial charge in [-0.05, 0) is 31.2 Å². The first-order valence-electron chi connectivity index (χ1n) is 8.07. The first-order chi connectivity index (χ1) is 13.1. The number of aryl methyl sites for hydroxylation is 1. The van der Waals surface area contributed by atoms with Gasteiger partial charge in [-0.15, -0.1) is 10.2 Å². The van der Waals surface area contributed by atoms with Crippen molar-refractivity contribution in [2.24, 2.45) is 0 Å². The lowest BCUT2D eigenvalue weighted by atomic mass is 10.3. The van der Waals surface area contributed by atoms with Crippen molar-refractivity contribution in [2.75, 3.05) is 11.1 Å². The molecule has 2 aromatic heterocycles. The highest BCUT2D eigenvalue weighted by Crippen LogP contribution is 2.29. The van der Waals surface area contributed by atoms with Crippen molar-refractivity contribution in [2.45, 2.75) is 12.1 Å². The van der Waals surface area contributed by atoms with Gasteiger partial charge in [0.25, 0.3) is 0 Å². The molecule has 4 rings (SSSR count). The van der Waals surface area contributed by atoms with E-state index in [0.29, 0.717) is 15.9 Å². The third kappa shape index (κ3) is 3.83. The molecule has 1 N–H and O–H groups in total. The molecule has 0 bridgehead atoms. The summed E-state index contributed by atoms with van der Waals surface area (Å²) in [5, 5.41) is 13.1. The molecule has 2 heterocycles. The number of hydrogen-bond acceptors (Lipinski definition) is 6. The molecular formula is C18H14ClN5OS2. The molecule has 2 aromatic carbocycles. The lowest BCUT2D eigenvalue weighted by Crippen LogP contribution is -2.14. The molecule has 27 heavy (non-hydrogen) atoms. The van der Waals surface area contributed by atoms with Crippen LogP contribution in [0.5, 0.6) is 0 Å². The smallest absolute Gasteiger partial charge is 0.234 e. The van der Waals surface area contributed by atoms with E-state index in [2.05, 4.69) is 20.5 Å². The molecule has 0 saturated carbocycles. The fourth-order valence-electron chi connectivity index (χ4n) is 2.49. The van der Waals surface area contributed by atoms with Crippen LogP contribution in [-0.4, -0.2) is 31.4 Å². The van der Waals surface area contributed by atoms with Crippen LogP contribution in [0.2, 0.25) is 5.02 Å². The molecule has 136 valence electrons. The Balaban J connectivity index is 1.52. The number of benzene rings is 2. The van der Waals surface area contributed by atoms with Gasteiger partial charge in [-0.25, -0.2) is 9.55 Å². The largest absolute Gasteiger partial charge is 0.324 e. The fraction of sp³-hybridized carbons (Fsp3) is 0.111. The van der Waals surface area contributed by atoms with E-state index in [4.69, 9.17) is 11.6 Å². The summed E-state index contributed by atoms with van der Waals surface area (Å²) in [6, 6.07) is 15.1. The third-order valence-electron chi connectivity index (χ3n) is 3.75. The van der Waals surface area contributed by atoms with Gasteiger partial charge in [0, 0.05) is 0 Å². The Hall–Kier alpha value is -2.42. The van der Waals surface area contributed by atoms with Crippen LogP contribution in [0.4, 0.5) is 5.69 Å². The van der Waals surface area contributed by atoms with E-state index in [9.17, 15) is 4.79 Å². The normalized spacial score (nSPS) is 11.0. The molecule has 4 aromatic rings. The van der Waals surface area contributed by atoms with Crippen molar-refractivity contribution in [1.29, 1.82) is 0 Å². The Kier molecular flexibility index (Phi) is 5.11. The van der Waals surface area contributed by atoms with Crippen molar-refractivity contribution in [3.8, 4) is 5.13 Å². The highest BCUT2D eigenvalue weighted by atomic mass is 35.5. The molecule has 0 radical (unpaired) electrons. The second kappa shape index (κ2) is 7.67. The van der Waals surface area contributed by atoms with E-state index in [1.54, 1.807) is 23.5 Å². The second-order valence-corrected chi connectivity index (χ2v) is 8.00. The summed E-state index contributed by atoms with van der Waals surface area (Å²) in [4.78, 5) is 16.9. The van der Waals surface area contributed by atoms with E-state index in [1.165, 1.54) is 11.8 Å². The zero-order chi connectivity index (χ0) is 18.8. The number of carbonyl (C=O) groups is 1. The van der Waals surface area contributed by atoms with E-state index in [0.717, 1.165) is 21.2 Å². The highest BCUT2D eigenvalue weighted by Gasteiger charge is 2.16. The van der Waals surface area contributed by atoms with E-state index in [-0.39, 0.29) is 11.7 Å². The maximum absolute atomic E-state index is 12.3. The second-order valence-electron chi connectivity index (χ2n) is 5.65. The number of aromatic nitrogens is 4. The summed E-state index contributed by atoms with van der Waals surface area (Å²) < 4.78 is 2.96. The molecule has 0 aliphatic heterocycles. The molecule has 0 fully saturated rings. The Labute approximate surface area is 168 Å². The summed E-state index contributed by atoms with van der Waals surface area (Å²) in [7, 11) is 0. The number of halogens is 1. The first-order valence-corrected chi connectivity index (χ1v) is 10.2. The number of para-hydroxylation sites is 2. The maximum atomic E-state index is 12.3. The molecule has 9 heteroatoms. The number of thiazole rings is 1. The zero-order valence-electron chi connectivity index (χ0n) is 14.2. The fourth-order valence-corrected chi connectivity index (χ4v) is 4.53. The van der Waals surface area contributed by atoms with E-state index >= 15 is 0 Å². The lowest BCUT2D eigenvalue weighted by Gasteiger charge is -2.07. The van der Waals surface area contributed by atoms with Crippen LogP contribution in [0, 0.1) is 6.92 Å². The summed E-state index contributed by atoms with van der Waals surface area (Å²) in [6.07, 6.45) is 0. The van der Waals surface area contributed by atoms with Crippen LogP contribution in [0.3, 0.4) is 0 Å². The van der Waals surface area contributed by atoms with Crippen LogP contribution in [-0.2, 0) is 4.79 Å². The average molecular weight is 416 g/mol. The molecule has 0 spiro atoms. The number of carbonyl (C=O) groups excluding carboxylic acids is 1. The molecule has 1 amide bonds. The molecule has 0 unspecified atom stereocenters. The van der Waals surface area contributed by atoms with Crippen molar-refractivity contribution in [3.05, 3.63) is 59.4 Å². The summed E-state index contributed by atoms with van der Waals surface area (Å²) in [5.41, 5.74) is 1.52. The van der Waals surface area contributed by atoms with Crippen molar-refractivity contribution >= 4 is 56.5 Å². The minimum absolute atomic E-state index is 0.162. The van der Waals surface area contributed by atoms with Crippen LogP contribution in [0.25, 0.3) is 15.3 Å². The first kappa shape index (κ1) is 18.0. The van der Waals surface area contributed by atoms with Gasteiger partial charge >= 0.3 is 0 Å². The van der Waals surface area contributed by atoms with Gasteiger partial charge in [0.05, 0.1) is 26.7 Å². The SMILES string of the molecule is Cc1nnc(SCC(=O)Nc2ccccc2Cl)n1-c1nc2ccccc2s1. The van der Waals surface area contributed by atoms with Crippen LogP contribution in [0.1, 0.15) is 5.82 Å². The van der Waals surface area contributed by atoms with Gasteiger partial charge in [0.1, 0.15) is 5.82 Å². The summed E-state index contributed by atoms with van der Waals surface area (Å²) in [6.45, 7) is 1.87. The number of amides is 1. The summed E-state index contributed by atoms with van der Waals surface area (Å²) >= 11 is 8.95. The van der Waals surface area contributed by atoms with Gasteiger partial charge in [-0.3, -0.25) is 4.79 Å². The topological polar surface area (TPSA) is 72.7 Å². The van der Waals surface area contributed by atoms with Crippen LogP contribution in [0.15, 0.2) is 53.7 Å². The monoisotopic (exact) mass is 415 g/mol. The number of rotatable bonds is 5. The highest BCUT2D eigenvalue weighted by molar-refractivity contribution is 7.99. The minimum atomic E-state index is -0.162. The van der Waals surface area contributed by atoms with Gasteiger partial charge in [0.15, 0.2) is 10.3 Å². The number of nitrogens with one attached hydrogen (secondary N) is 1. The third-order valence-corrected chi connectivity index (χ3v) is 6.03. The molecule has 6 nitrogen and oxygen atoms in total. The quantitative estimate of drug-likeness (QED) is 0.483. The predicted octanol–water partition coefficient (Wildman–Crippen LogP) is 4.57. The molecule has 0 aliphatic carbocycles. The Morgan fingerprint density at radius 1 is 1.19 bits per heavy atom. The maximum Gasteiger partial charge on any atom is 0.234 e. The lowest BCUT2D eigenvalue weighted by molar-refractivity contribution is -0.113. The summed E-state index contributed by atoms with van der Waals surface area (Å²) in [5.74, 6) is 0.751. The average Bonchev–Trinajstić information content (AvgIpc) is 3.24. The van der Waals surface area contributed by atoms with Crippen molar-refractivity contribution in [3.63, 3.8) is 0 Å². The van der Waals surface area contributed by atoms with Crippen LogP contribution < -0.4 is 5.32 Å². The molecule has 0 aliphatic rings. The number of hydrogen-bond donors (Lipinski definition) is 1. The van der Waals surface area contributed by atoms with Crippen molar-refractivity contribution < 1.29 is 4.79 Å².